The lowest BCUT2D eigenvalue weighted by molar-refractivity contribution is -0.384. The van der Waals surface area contributed by atoms with Crippen LogP contribution in [-0.2, 0) is 4.79 Å². The number of ether oxygens (including phenoxy) is 1. The number of carbonyl (C=O) groups is 1. The van der Waals surface area contributed by atoms with Crippen LogP contribution in [-0.4, -0.2) is 17.4 Å². The second-order valence-electron chi connectivity index (χ2n) is 4.52. The Balaban J connectivity index is 2.03. The normalized spacial score (nSPS) is 9.88. The molecule has 122 valence electrons. The molecule has 7 nitrogen and oxygen atoms in total. The molecule has 0 radical (unpaired) electrons. The Morgan fingerprint density at radius 3 is 2.62 bits per heavy atom. The number of nitriles is 1. The van der Waals surface area contributed by atoms with Crippen LogP contribution in [0.2, 0.25) is 10.0 Å². The van der Waals surface area contributed by atoms with Gasteiger partial charge in [0.1, 0.15) is 5.75 Å². The molecular formula is C15H9Cl2N3O4. The largest absolute Gasteiger partial charge is 0.482 e. The van der Waals surface area contributed by atoms with E-state index in [1.807, 2.05) is 6.07 Å². The molecule has 1 N–H and O–H groups in total. The number of benzene rings is 2. The summed E-state index contributed by atoms with van der Waals surface area (Å²) in [6.07, 6.45) is 0. The molecule has 2 rings (SSSR count). The topological polar surface area (TPSA) is 105 Å². The molecule has 0 aliphatic carbocycles. The zero-order chi connectivity index (χ0) is 17.7. The van der Waals surface area contributed by atoms with E-state index in [1.165, 1.54) is 30.3 Å². The number of carbonyl (C=O) groups excluding carboxylic acids is 1. The van der Waals surface area contributed by atoms with E-state index in [2.05, 4.69) is 5.32 Å². The summed E-state index contributed by atoms with van der Waals surface area (Å²) in [6, 6.07) is 9.98. The molecule has 0 fully saturated rings. The maximum absolute atomic E-state index is 11.9. The molecule has 0 aromatic heterocycles. The Bertz CT molecular complexity index is 849. The number of halogens is 2. The highest BCUT2D eigenvalue weighted by Crippen LogP contribution is 2.27. The van der Waals surface area contributed by atoms with Crippen LogP contribution in [0.15, 0.2) is 36.4 Å². The molecule has 24 heavy (non-hydrogen) atoms. The van der Waals surface area contributed by atoms with Gasteiger partial charge >= 0.3 is 0 Å². The molecule has 0 bridgehead atoms. The number of nitrogens with zero attached hydrogens (tertiary/aromatic N) is 2. The van der Waals surface area contributed by atoms with Gasteiger partial charge in [0.05, 0.1) is 32.3 Å². The Kier molecular flexibility index (Phi) is 5.58. The van der Waals surface area contributed by atoms with Crippen molar-refractivity contribution in [3.05, 3.63) is 62.1 Å². The Morgan fingerprint density at radius 1 is 1.25 bits per heavy atom. The molecule has 0 saturated carbocycles. The molecular weight excluding hydrogens is 357 g/mol. The van der Waals surface area contributed by atoms with Gasteiger partial charge in [0.2, 0.25) is 0 Å². The van der Waals surface area contributed by atoms with Crippen molar-refractivity contribution in [2.75, 3.05) is 11.9 Å². The van der Waals surface area contributed by atoms with E-state index in [4.69, 9.17) is 33.2 Å². The quantitative estimate of drug-likeness (QED) is 0.640. The monoisotopic (exact) mass is 365 g/mol. The summed E-state index contributed by atoms with van der Waals surface area (Å²) < 4.78 is 5.26. The van der Waals surface area contributed by atoms with E-state index in [9.17, 15) is 14.9 Å². The molecule has 0 atom stereocenters. The third-order valence-electron chi connectivity index (χ3n) is 2.85. The number of anilines is 1. The predicted octanol–water partition coefficient (Wildman–Crippen LogP) is 3.79. The molecule has 2 aromatic carbocycles. The van der Waals surface area contributed by atoms with Crippen molar-refractivity contribution in [1.29, 1.82) is 5.26 Å². The number of hydrogen-bond donors (Lipinski definition) is 1. The van der Waals surface area contributed by atoms with Gasteiger partial charge in [0, 0.05) is 12.1 Å². The predicted molar refractivity (Wildman–Crippen MR) is 88.4 cm³/mol. The van der Waals surface area contributed by atoms with E-state index < -0.39 is 10.8 Å². The SMILES string of the molecule is N#Cc1ccc(OCC(=O)Nc2cc([N+](=O)[O-])ccc2Cl)c(Cl)c1. The fourth-order valence-electron chi connectivity index (χ4n) is 1.74. The Labute approximate surface area is 146 Å². The minimum Gasteiger partial charge on any atom is -0.482 e. The summed E-state index contributed by atoms with van der Waals surface area (Å²) in [5, 5.41) is 22.3. The lowest BCUT2D eigenvalue weighted by atomic mass is 10.2. The highest BCUT2D eigenvalue weighted by molar-refractivity contribution is 6.33. The number of nitrogens with one attached hydrogen (secondary N) is 1. The van der Waals surface area contributed by atoms with E-state index in [0.717, 1.165) is 6.07 Å². The second kappa shape index (κ2) is 7.64. The van der Waals surface area contributed by atoms with E-state index in [-0.39, 0.29) is 33.8 Å². The number of nitro groups is 1. The lowest BCUT2D eigenvalue weighted by Crippen LogP contribution is -2.20. The lowest BCUT2D eigenvalue weighted by Gasteiger charge is -2.10. The Hall–Kier alpha value is -2.82. The van der Waals surface area contributed by atoms with Crippen LogP contribution < -0.4 is 10.1 Å². The third-order valence-corrected chi connectivity index (χ3v) is 3.48. The highest BCUT2D eigenvalue weighted by Gasteiger charge is 2.13. The van der Waals surface area contributed by atoms with Crippen LogP contribution in [0.3, 0.4) is 0 Å². The van der Waals surface area contributed by atoms with Gasteiger partial charge < -0.3 is 10.1 Å². The standard InChI is InChI=1S/C15H9Cl2N3O4/c16-11-3-2-10(20(22)23)6-13(11)19-15(21)8-24-14-4-1-9(7-18)5-12(14)17/h1-6H,8H2,(H,19,21). The average molecular weight is 366 g/mol. The maximum Gasteiger partial charge on any atom is 0.271 e. The van der Waals surface area contributed by atoms with Gasteiger partial charge in [-0.15, -0.1) is 0 Å². The molecule has 0 aliphatic heterocycles. The Morgan fingerprint density at radius 2 is 2.00 bits per heavy atom. The average Bonchev–Trinajstić information content (AvgIpc) is 2.55. The first-order chi connectivity index (χ1) is 11.4. The molecule has 0 saturated heterocycles. The van der Waals surface area contributed by atoms with Crippen molar-refractivity contribution in [2.45, 2.75) is 0 Å². The number of rotatable bonds is 5. The second-order valence-corrected chi connectivity index (χ2v) is 5.33. The van der Waals surface area contributed by atoms with Crippen LogP contribution in [0.25, 0.3) is 0 Å². The van der Waals surface area contributed by atoms with Crippen molar-refractivity contribution < 1.29 is 14.5 Å². The number of hydrogen-bond acceptors (Lipinski definition) is 5. The van der Waals surface area contributed by atoms with Gasteiger partial charge in [-0.3, -0.25) is 14.9 Å². The van der Waals surface area contributed by atoms with Gasteiger partial charge in [0.15, 0.2) is 6.61 Å². The van der Waals surface area contributed by atoms with Crippen LogP contribution in [0.4, 0.5) is 11.4 Å². The van der Waals surface area contributed by atoms with Gasteiger partial charge in [0.25, 0.3) is 11.6 Å². The van der Waals surface area contributed by atoms with Crippen molar-refractivity contribution in [3.63, 3.8) is 0 Å². The van der Waals surface area contributed by atoms with Gasteiger partial charge in [-0.25, -0.2) is 0 Å². The minimum absolute atomic E-state index is 0.102. The summed E-state index contributed by atoms with van der Waals surface area (Å²) in [7, 11) is 0. The van der Waals surface area contributed by atoms with Crippen LogP contribution in [0, 0.1) is 21.4 Å². The summed E-state index contributed by atoms with van der Waals surface area (Å²) in [5.74, 6) is -0.339. The van der Waals surface area contributed by atoms with E-state index in [0.29, 0.717) is 5.56 Å². The number of nitro benzene ring substituents is 1. The highest BCUT2D eigenvalue weighted by atomic mass is 35.5. The molecule has 0 aliphatic rings. The van der Waals surface area contributed by atoms with Crippen molar-refractivity contribution in [3.8, 4) is 11.8 Å². The smallest absolute Gasteiger partial charge is 0.271 e. The summed E-state index contributed by atoms with van der Waals surface area (Å²) in [6.45, 7) is -0.384. The summed E-state index contributed by atoms with van der Waals surface area (Å²) in [4.78, 5) is 22.0. The van der Waals surface area contributed by atoms with E-state index in [1.54, 1.807) is 0 Å². The van der Waals surface area contributed by atoms with Crippen LogP contribution in [0.5, 0.6) is 5.75 Å². The zero-order valence-corrected chi connectivity index (χ0v) is 13.5. The molecule has 0 unspecified atom stereocenters. The van der Waals surface area contributed by atoms with Crippen LogP contribution >= 0.6 is 23.2 Å². The first-order valence-electron chi connectivity index (χ1n) is 6.47. The fourth-order valence-corrected chi connectivity index (χ4v) is 2.14. The molecule has 0 heterocycles. The first-order valence-corrected chi connectivity index (χ1v) is 7.22. The minimum atomic E-state index is -0.598. The first kappa shape index (κ1) is 17.5. The summed E-state index contributed by atoms with van der Waals surface area (Å²) >= 11 is 11.8. The van der Waals surface area contributed by atoms with Crippen LogP contribution in [0.1, 0.15) is 5.56 Å². The number of non-ortho nitro benzene ring substituents is 1. The van der Waals surface area contributed by atoms with Crippen molar-refractivity contribution in [2.24, 2.45) is 0 Å². The molecule has 9 heteroatoms. The summed E-state index contributed by atoms with van der Waals surface area (Å²) in [5.41, 5.74) is 0.260. The molecule has 0 spiro atoms. The van der Waals surface area contributed by atoms with Crippen molar-refractivity contribution >= 4 is 40.5 Å². The van der Waals surface area contributed by atoms with Gasteiger partial charge in [-0.1, -0.05) is 23.2 Å². The third kappa shape index (κ3) is 4.35. The molecule has 2 aromatic rings. The van der Waals surface area contributed by atoms with Gasteiger partial charge in [-0.2, -0.15) is 5.26 Å². The van der Waals surface area contributed by atoms with E-state index >= 15 is 0 Å². The fraction of sp³-hybridized carbons (Fsp3) is 0.0667. The maximum atomic E-state index is 11.9. The van der Waals surface area contributed by atoms with Gasteiger partial charge in [-0.05, 0) is 24.3 Å². The zero-order valence-electron chi connectivity index (χ0n) is 12.0. The number of amides is 1. The molecule has 1 amide bonds. The van der Waals surface area contributed by atoms with Crippen molar-refractivity contribution in [1.82, 2.24) is 0 Å².